The number of nitrogens with zero attached hydrogens (tertiary/aromatic N) is 1. The van der Waals surface area contributed by atoms with Crippen LogP contribution in [0.1, 0.15) is 42.9 Å². The van der Waals surface area contributed by atoms with E-state index in [-0.39, 0.29) is 17.0 Å². The van der Waals surface area contributed by atoms with Crippen molar-refractivity contribution in [1.29, 1.82) is 0 Å². The van der Waals surface area contributed by atoms with Crippen molar-refractivity contribution in [2.75, 3.05) is 6.61 Å². The predicted molar refractivity (Wildman–Crippen MR) is 104 cm³/mol. The molecule has 0 spiro atoms. The van der Waals surface area contributed by atoms with Crippen LogP contribution < -0.4 is 5.32 Å². The zero-order chi connectivity index (χ0) is 18.5. The number of hydrogen-bond acceptors (Lipinski definition) is 3. The average Bonchev–Trinajstić information content (AvgIpc) is 2.59. The van der Waals surface area contributed by atoms with E-state index in [1.54, 1.807) is 18.3 Å². The predicted octanol–water partition coefficient (Wildman–Crippen LogP) is 4.57. The summed E-state index contributed by atoms with van der Waals surface area (Å²) in [7, 11) is -1.90. The van der Waals surface area contributed by atoms with Gasteiger partial charge in [0.25, 0.3) is 5.91 Å². The first-order valence-corrected chi connectivity index (χ1v) is 11.5. The normalized spacial score (nSPS) is 13.3. The zero-order valence-electron chi connectivity index (χ0n) is 15.7. The topological polar surface area (TPSA) is 51.2 Å². The Balaban J connectivity index is 2.16. The van der Waals surface area contributed by atoms with Crippen LogP contribution in [0.15, 0.2) is 54.7 Å². The highest BCUT2D eigenvalue weighted by Gasteiger charge is 2.37. The molecule has 1 amide bonds. The van der Waals surface area contributed by atoms with E-state index in [0.717, 1.165) is 5.56 Å². The Morgan fingerprint density at radius 3 is 2.32 bits per heavy atom. The van der Waals surface area contributed by atoms with Crippen LogP contribution in [-0.4, -0.2) is 25.8 Å². The third-order valence-electron chi connectivity index (χ3n) is 4.82. The number of rotatable bonds is 6. The number of pyridine rings is 1. The number of aromatic nitrogens is 1. The fraction of sp³-hybridized carbons (Fsp3) is 0.400. The molecule has 0 radical (unpaired) electrons. The molecule has 25 heavy (non-hydrogen) atoms. The zero-order valence-corrected chi connectivity index (χ0v) is 16.7. The van der Waals surface area contributed by atoms with E-state index in [2.05, 4.69) is 44.2 Å². The third-order valence-corrected chi connectivity index (χ3v) is 9.32. The molecule has 1 aromatic heterocycles. The highest BCUT2D eigenvalue weighted by Crippen LogP contribution is 2.37. The number of carbonyl (C=O) groups is 1. The minimum Gasteiger partial charge on any atom is -0.414 e. The lowest BCUT2D eigenvalue weighted by Gasteiger charge is -2.37. The van der Waals surface area contributed by atoms with Gasteiger partial charge in [0.1, 0.15) is 5.69 Å². The Bertz CT molecular complexity index is 682. The van der Waals surface area contributed by atoms with Gasteiger partial charge < -0.3 is 9.74 Å². The Labute approximate surface area is 151 Å². The second-order valence-corrected chi connectivity index (χ2v) is 12.5. The number of amides is 1. The summed E-state index contributed by atoms with van der Waals surface area (Å²) in [6, 6.07) is 15.1. The fourth-order valence-electron chi connectivity index (χ4n) is 2.14. The molecule has 2 aromatic rings. The highest BCUT2D eigenvalue weighted by atomic mass is 28.4. The lowest BCUT2D eigenvalue weighted by atomic mass is 10.1. The number of nitrogens with one attached hydrogen (secondary N) is 1. The molecule has 0 aliphatic carbocycles. The van der Waals surface area contributed by atoms with Gasteiger partial charge in [-0.2, -0.15) is 0 Å². The standard InChI is InChI=1S/C20H28N2O2Si/c1-20(2,3)25(4,5)24-15-18(16-11-7-6-8-12-16)22-19(23)17-13-9-10-14-21-17/h6-14,18H,15H2,1-5H3,(H,22,23). The first-order chi connectivity index (χ1) is 11.7. The van der Waals surface area contributed by atoms with Crippen LogP contribution in [0.4, 0.5) is 0 Å². The molecule has 0 aliphatic heterocycles. The molecule has 1 atom stereocenters. The molecule has 1 N–H and O–H groups in total. The quantitative estimate of drug-likeness (QED) is 0.771. The molecule has 0 saturated carbocycles. The molecule has 0 aliphatic rings. The van der Waals surface area contributed by atoms with Gasteiger partial charge in [-0.1, -0.05) is 57.2 Å². The van der Waals surface area contributed by atoms with Gasteiger partial charge in [-0.25, -0.2) is 0 Å². The largest absolute Gasteiger partial charge is 0.414 e. The van der Waals surface area contributed by atoms with E-state index >= 15 is 0 Å². The van der Waals surface area contributed by atoms with Crippen molar-refractivity contribution in [3.63, 3.8) is 0 Å². The molecule has 4 nitrogen and oxygen atoms in total. The molecule has 0 saturated heterocycles. The summed E-state index contributed by atoms with van der Waals surface area (Å²) >= 11 is 0. The molecular weight excluding hydrogens is 328 g/mol. The van der Waals surface area contributed by atoms with E-state index in [9.17, 15) is 4.79 Å². The maximum absolute atomic E-state index is 12.5. The van der Waals surface area contributed by atoms with Crippen molar-refractivity contribution in [1.82, 2.24) is 10.3 Å². The average molecular weight is 357 g/mol. The van der Waals surface area contributed by atoms with E-state index in [0.29, 0.717) is 12.3 Å². The molecule has 1 unspecified atom stereocenters. The van der Waals surface area contributed by atoms with Crippen LogP contribution >= 0.6 is 0 Å². The second-order valence-electron chi connectivity index (χ2n) is 7.72. The molecule has 2 rings (SSSR count). The molecule has 0 fully saturated rings. The number of benzene rings is 1. The van der Waals surface area contributed by atoms with Crippen LogP contribution in [0.25, 0.3) is 0 Å². The van der Waals surface area contributed by atoms with Gasteiger partial charge in [0, 0.05) is 6.20 Å². The van der Waals surface area contributed by atoms with Crippen molar-refractivity contribution in [2.45, 2.75) is 44.9 Å². The lowest BCUT2D eigenvalue weighted by Crippen LogP contribution is -2.43. The van der Waals surface area contributed by atoms with E-state index < -0.39 is 8.32 Å². The Morgan fingerprint density at radius 1 is 1.12 bits per heavy atom. The first-order valence-electron chi connectivity index (χ1n) is 8.61. The van der Waals surface area contributed by atoms with Crippen LogP contribution in [0.3, 0.4) is 0 Å². The van der Waals surface area contributed by atoms with Crippen LogP contribution in [0.2, 0.25) is 18.1 Å². The summed E-state index contributed by atoms with van der Waals surface area (Å²) in [5.41, 5.74) is 1.45. The van der Waals surface area contributed by atoms with Gasteiger partial charge >= 0.3 is 0 Å². The van der Waals surface area contributed by atoms with Gasteiger partial charge in [-0.15, -0.1) is 0 Å². The van der Waals surface area contributed by atoms with E-state index in [1.165, 1.54) is 0 Å². The molecule has 1 aromatic carbocycles. The minimum absolute atomic E-state index is 0.124. The SMILES string of the molecule is CC(C)(C)[Si](C)(C)OCC(NC(=O)c1ccccn1)c1ccccc1. The fourth-order valence-corrected chi connectivity index (χ4v) is 3.16. The van der Waals surface area contributed by atoms with E-state index in [1.807, 2.05) is 36.4 Å². The molecular formula is C20H28N2O2Si. The number of carbonyl (C=O) groups excluding carboxylic acids is 1. The molecule has 134 valence electrons. The molecule has 1 heterocycles. The van der Waals surface area contributed by atoms with Crippen molar-refractivity contribution in [3.8, 4) is 0 Å². The molecule has 0 bridgehead atoms. The summed E-state index contributed by atoms with van der Waals surface area (Å²) in [6.07, 6.45) is 1.62. The van der Waals surface area contributed by atoms with E-state index in [4.69, 9.17) is 4.43 Å². The van der Waals surface area contributed by atoms with Gasteiger partial charge in [-0.3, -0.25) is 9.78 Å². The van der Waals surface area contributed by atoms with Crippen LogP contribution in [0, 0.1) is 0 Å². The Morgan fingerprint density at radius 2 is 1.76 bits per heavy atom. The van der Waals surface area contributed by atoms with Crippen molar-refractivity contribution < 1.29 is 9.22 Å². The van der Waals surface area contributed by atoms with Crippen LogP contribution in [-0.2, 0) is 4.43 Å². The summed E-state index contributed by atoms with van der Waals surface area (Å²) in [6.45, 7) is 11.5. The summed E-state index contributed by atoms with van der Waals surface area (Å²) < 4.78 is 6.35. The monoisotopic (exact) mass is 356 g/mol. The smallest absolute Gasteiger partial charge is 0.270 e. The maximum Gasteiger partial charge on any atom is 0.270 e. The highest BCUT2D eigenvalue weighted by molar-refractivity contribution is 6.74. The third kappa shape index (κ3) is 5.24. The summed E-state index contributed by atoms with van der Waals surface area (Å²) in [5.74, 6) is -0.187. The Hall–Kier alpha value is -1.98. The molecule has 5 heteroatoms. The van der Waals surface area contributed by atoms with Gasteiger partial charge in [0.05, 0.1) is 12.6 Å². The number of hydrogen-bond donors (Lipinski definition) is 1. The first kappa shape index (κ1) is 19.3. The van der Waals surface area contributed by atoms with Crippen LogP contribution in [0.5, 0.6) is 0 Å². The van der Waals surface area contributed by atoms with Crippen molar-refractivity contribution in [3.05, 3.63) is 66.0 Å². The minimum atomic E-state index is -1.90. The van der Waals surface area contributed by atoms with Gasteiger partial charge in [0.2, 0.25) is 0 Å². The van der Waals surface area contributed by atoms with Crippen molar-refractivity contribution >= 4 is 14.2 Å². The second kappa shape index (κ2) is 7.93. The van der Waals surface area contributed by atoms with Gasteiger partial charge in [0.15, 0.2) is 8.32 Å². The lowest BCUT2D eigenvalue weighted by molar-refractivity contribution is 0.0913. The summed E-state index contributed by atoms with van der Waals surface area (Å²) in [5, 5.41) is 3.19. The maximum atomic E-state index is 12.5. The summed E-state index contributed by atoms with van der Waals surface area (Å²) in [4.78, 5) is 16.7. The van der Waals surface area contributed by atoms with Crippen molar-refractivity contribution in [2.24, 2.45) is 0 Å². The Kier molecular flexibility index (Phi) is 6.14. The van der Waals surface area contributed by atoms with Gasteiger partial charge in [-0.05, 0) is 35.8 Å².